The third kappa shape index (κ3) is 11.2. The van der Waals surface area contributed by atoms with E-state index in [2.05, 4.69) is 28.6 Å². The molecule has 14 heteroatoms. The summed E-state index contributed by atoms with van der Waals surface area (Å²) in [5, 5.41) is 26.4. The number of rotatable bonds is 16. The van der Waals surface area contributed by atoms with Crippen LogP contribution in [0, 0.1) is 0 Å². The average molecular weight is 544 g/mol. The Morgan fingerprint density at radius 1 is 0.944 bits per heavy atom. The van der Waals surface area contributed by atoms with Crippen LogP contribution in [-0.2, 0) is 30.4 Å². The van der Waals surface area contributed by atoms with Crippen molar-refractivity contribution in [3.05, 3.63) is 29.8 Å². The number of nitrogens with one attached hydrogen (secondary N) is 3. The van der Waals surface area contributed by atoms with Gasteiger partial charge in [0.2, 0.25) is 23.6 Å². The summed E-state index contributed by atoms with van der Waals surface area (Å²) < 4.78 is 0. The number of aromatic hydroxyl groups is 1. The highest BCUT2D eigenvalue weighted by atomic mass is 32.2. The lowest BCUT2D eigenvalue weighted by molar-refractivity contribution is -0.142. The number of carboxylic acids is 1. The van der Waals surface area contributed by atoms with E-state index in [4.69, 9.17) is 11.5 Å². The molecule has 0 aliphatic carbocycles. The second-order valence-electron chi connectivity index (χ2n) is 7.97. The smallest absolute Gasteiger partial charge is 0.326 e. The fourth-order valence-electron chi connectivity index (χ4n) is 3.03. The van der Waals surface area contributed by atoms with E-state index in [1.165, 1.54) is 36.0 Å². The number of hydrogen-bond acceptors (Lipinski definition) is 9. The SMILES string of the molecule is CSCCC(NC(=O)C(CCC(N)=O)NC(=O)C(N)CS)C(=O)NC(Cc1ccc(O)cc1)C(=O)O. The first-order valence-electron chi connectivity index (χ1n) is 11.0. The number of carbonyl (C=O) groups excluding carboxylic acids is 4. The zero-order valence-electron chi connectivity index (χ0n) is 19.8. The lowest BCUT2D eigenvalue weighted by atomic mass is 10.0. The van der Waals surface area contributed by atoms with Crippen molar-refractivity contribution in [2.75, 3.05) is 17.8 Å². The summed E-state index contributed by atoms with van der Waals surface area (Å²) in [6.45, 7) is 0. The number of aliphatic carboxylic acids is 1. The number of primary amides is 1. The second kappa shape index (κ2) is 15.9. The Bertz CT molecular complexity index is 917. The molecule has 0 saturated carbocycles. The van der Waals surface area contributed by atoms with Gasteiger partial charge in [0.05, 0.1) is 6.04 Å². The van der Waals surface area contributed by atoms with Crippen molar-refractivity contribution in [2.45, 2.75) is 49.9 Å². The van der Waals surface area contributed by atoms with Crippen molar-refractivity contribution < 1.29 is 34.2 Å². The van der Waals surface area contributed by atoms with E-state index >= 15 is 0 Å². The van der Waals surface area contributed by atoms with E-state index in [0.717, 1.165) is 0 Å². The number of phenols is 1. The molecule has 1 aromatic carbocycles. The quantitative estimate of drug-likeness (QED) is 0.117. The van der Waals surface area contributed by atoms with E-state index < -0.39 is 53.8 Å². The molecule has 0 radical (unpaired) electrons. The van der Waals surface area contributed by atoms with E-state index in [9.17, 15) is 34.2 Å². The van der Waals surface area contributed by atoms with E-state index in [-0.39, 0.29) is 37.2 Å². The molecule has 36 heavy (non-hydrogen) atoms. The van der Waals surface area contributed by atoms with Crippen molar-refractivity contribution in [3.8, 4) is 5.75 Å². The van der Waals surface area contributed by atoms with Crippen molar-refractivity contribution in [3.63, 3.8) is 0 Å². The first-order valence-corrected chi connectivity index (χ1v) is 13.1. The fourth-order valence-corrected chi connectivity index (χ4v) is 3.67. The molecule has 0 saturated heterocycles. The van der Waals surface area contributed by atoms with E-state index in [1.54, 1.807) is 6.26 Å². The number of carboxylic acid groups (broad SMARTS) is 1. The van der Waals surface area contributed by atoms with Crippen LogP contribution in [0.3, 0.4) is 0 Å². The molecule has 0 bridgehead atoms. The van der Waals surface area contributed by atoms with Gasteiger partial charge in [-0.1, -0.05) is 12.1 Å². The molecular weight excluding hydrogens is 510 g/mol. The highest BCUT2D eigenvalue weighted by Crippen LogP contribution is 2.12. The molecule has 0 aromatic heterocycles. The maximum atomic E-state index is 13.0. The summed E-state index contributed by atoms with van der Waals surface area (Å²) in [6, 6.07) is 1.26. The Kier molecular flexibility index (Phi) is 13.7. The van der Waals surface area contributed by atoms with Gasteiger partial charge in [-0.05, 0) is 42.5 Å². The van der Waals surface area contributed by atoms with Crippen LogP contribution in [0.25, 0.3) is 0 Å². The lowest BCUT2D eigenvalue weighted by Crippen LogP contribution is -2.57. The number of benzene rings is 1. The molecule has 4 atom stereocenters. The van der Waals surface area contributed by atoms with Gasteiger partial charge in [0.15, 0.2) is 0 Å². The Hall–Kier alpha value is -2.97. The van der Waals surface area contributed by atoms with E-state index in [1.807, 2.05) is 0 Å². The van der Waals surface area contributed by atoms with Crippen LogP contribution in [0.1, 0.15) is 24.8 Å². The summed E-state index contributed by atoms with van der Waals surface area (Å²) in [5.74, 6) is -3.60. The van der Waals surface area contributed by atoms with Gasteiger partial charge in [0.1, 0.15) is 23.9 Å². The van der Waals surface area contributed by atoms with Gasteiger partial charge < -0.3 is 37.6 Å². The Balaban J connectivity index is 3.00. The minimum atomic E-state index is -1.30. The van der Waals surface area contributed by atoms with Crippen molar-refractivity contribution >= 4 is 54.0 Å². The molecule has 0 spiro atoms. The van der Waals surface area contributed by atoms with Crippen LogP contribution < -0.4 is 27.4 Å². The molecule has 12 nitrogen and oxygen atoms in total. The third-order valence-electron chi connectivity index (χ3n) is 5.08. The Morgan fingerprint density at radius 2 is 1.47 bits per heavy atom. The van der Waals surface area contributed by atoms with Gasteiger partial charge in [-0.2, -0.15) is 24.4 Å². The molecule has 0 fully saturated rings. The molecule has 1 aromatic rings. The zero-order chi connectivity index (χ0) is 27.3. The molecule has 200 valence electrons. The average Bonchev–Trinajstić information content (AvgIpc) is 2.83. The van der Waals surface area contributed by atoms with Crippen LogP contribution in [0.15, 0.2) is 24.3 Å². The van der Waals surface area contributed by atoms with Gasteiger partial charge in [0.25, 0.3) is 0 Å². The Morgan fingerprint density at radius 3 is 1.97 bits per heavy atom. The van der Waals surface area contributed by atoms with Gasteiger partial charge in [-0.15, -0.1) is 0 Å². The van der Waals surface area contributed by atoms with Gasteiger partial charge in [-0.25, -0.2) is 4.79 Å². The minimum absolute atomic E-state index is 0.0165. The number of phenolic OH excluding ortho intramolecular Hbond substituents is 1. The summed E-state index contributed by atoms with van der Waals surface area (Å²) in [5.41, 5.74) is 11.4. The first kappa shape index (κ1) is 31.1. The highest BCUT2D eigenvalue weighted by Gasteiger charge is 2.30. The van der Waals surface area contributed by atoms with Crippen LogP contribution in [-0.4, -0.2) is 81.7 Å². The normalized spacial score (nSPS) is 14.1. The first-order chi connectivity index (χ1) is 17.0. The number of carbonyl (C=O) groups is 5. The molecule has 0 aliphatic rings. The number of thiol groups is 1. The number of nitrogens with two attached hydrogens (primary N) is 2. The summed E-state index contributed by atoms with van der Waals surface area (Å²) in [4.78, 5) is 61.1. The third-order valence-corrected chi connectivity index (χ3v) is 6.12. The lowest BCUT2D eigenvalue weighted by Gasteiger charge is -2.25. The van der Waals surface area contributed by atoms with Gasteiger partial charge in [0, 0.05) is 18.6 Å². The standard InChI is InChI=1S/C22H33N5O7S2/c1-36-9-8-16(21(32)27-17(22(33)34)10-12-2-4-13(28)5-3-12)26-20(31)15(6-7-18(24)29)25-19(30)14(23)11-35/h2-5,14-17,28,35H,6-11,23H2,1H3,(H2,24,29)(H,25,30)(H,26,31)(H,27,32)(H,33,34). The second-order valence-corrected chi connectivity index (χ2v) is 9.32. The molecule has 0 heterocycles. The molecule has 0 aliphatic heterocycles. The summed E-state index contributed by atoms with van der Waals surface area (Å²) in [7, 11) is 0. The van der Waals surface area contributed by atoms with E-state index in [0.29, 0.717) is 11.3 Å². The van der Waals surface area contributed by atoms with Crippen LogP contribution in [0.2, 0.25) is 0 Å². The van der Waals surface area contributed by atoms with Crippen molar-refractivity contribution in [2.24, 2.45) is 11.5 Å². The van der Waals surface area contributed by atoms with Gasteiger partial charge >= 0.3 is 5.97 Å². The molecule has 4 unspecified atom stereocenters. The van der Waals surface area contributed by atoms with Crippen LogP contribution in [0.5, 0.6) is 5.75 Å². The predicted molar refractivity (Wildman–Crippen MR) is 138 cm³/mol. The topological polar surface area (TPSA) is 214 Å². The predicted octanol–water partition coefficient (Wildman–Crippen LogP) is -1.25. The number of thioether (sulfide) groups is 1. The monoisotopic (exact) mass is 543 g/mol. The van der Waals surface area contributed by atoms with Crippen LogP contribution >= 0.6 is 24.4 Å². The Labute approximate surface area is 218 Å². The van der Waals surface area contributed by atoms with Crippen molar-refractivity contribution in [1.29, 1.82) is 0 Å². The highest BCUT2D eigenvalue weighted by molar-refractivity contribution is 7.98. The molecular formula is C22H33N5O7S2. The maximum absolute atomic E-state index is 13.0. The fraction of sp³-hybridized carbons (Fsp3) is 0.500. The maximum Gasteiger partial charge on any atom is 0.326 e. The van der Waals surface area contributed by atoms with Gasteiger partial charge in [-0.3, -0.25) is 19.2 Å². The number of amides is 4. The van der Waals surface area contributed by atoms with Crippen molar-refractivity contribution in [1.82, 2.24) is 16.0 Å². The molecule has 9 N–H and O–H groups in total. The molecule has 1 rings (SSSR count). The van der Waals surface area contributed by atoms with Crippen LogP contribution in [0.4, 0.5) is 0 Å². The zero-order valence-corrected chi connectivity index (χ0v) is 21.5. The largest absolute Gasteiger partial charge is 0.508 e. The number of hydrogen-bond donors (Lipinski definition) is 8. The summed E-state index contributed by atoms with van der Waals surface area (Å²) >= 11 is 5.36. The summed E-state index contributed by atoms with van der Waals surface area (Å²) in [6.07, 6.45) is 1.60. The minimum Gasteiger partial charge on any atom is -0.508 e. The molecule has 4 amide bonds.